The molecule has 2 aliphatic rings. The fourth-order valence-electron chi connectivity index (χ4n) is 3.37. The van der Waals surface area contributed by atoms with E-state index in [9.17, 15) is 18.0 Å². The van der Waals surface area contributed by atoms with Crippen LogP contribution in [-0.4, -0.2) is 61.8 Å². The van der Waals surface area contributed by atoms with Crippen molar-refractivity contribution in [3.05, 3.63) is 29.3 Å². The summed E-state index contributed by atoms with van der Waals surface area (Å²) in [5.74, 6) is -0.834. The van der Waals surface area contributed by atoms with Crippen LogP contribution in [-0.2, 0) is 14.8 Å². The Morgan fingerprint density at radius 1 is 1.08 bits per heavy atom. The van der Waals surface area contributed by atoms with Gasteiger partial charge in [-0.1, -0.05) is 12.1 Å². The molecule has 0 radical (unpaired) electrons. The van der Waals surface area contributed by atoms with E-state index in [1.54, 1.807) is 0 Å². The van der Waals surface area contributed by atoms with Crippen molar-refractivity contribution in [1.82, 2.24) is 9.62 Å². The predicted molar refractivity (Wildman–Crippen MR) is 99.1 cm³/mol. The van der Waals surface area contributed by atoms with Gasteiger partial charge in [0.05, 0.1) is 0 Å². The van der Waals surface area contributed by atoms with Gasteiger partial charge in [-0.25, -0.2) is 18.2 Å². The Morgan fingerprint density at radius 3 is 2.35 bits per heavy atom. The number of anilines is 1. The van der Waals surface area contributed by atoms with Gasteiger partial charge in [-0.05, 0) is 38.0 Å². The largest absolute Gasteiger partial charge is 0.369 e. The summed E-state index contributed by atoms with van der Waals surface area (Å²) >= 11 is 0. The molecule has 8 nitrogen and oxygen atoms in total. The third-order valence-corrected chi connectivity index (χ3v) is 7.17. The first-order valence-electron chi connectivity index (χ1n) is 8.42. The van der Waals surface area contributed by atoms with Gasteiger partial charge in [0.1, 0.15) is 0 Å². The van der Waals surface area contributed by atoms with E-state index in [1.807, 2.05) is 30.4 Å². The molecule has 0 saturated carbocycles. The van der Waals surface area contributed by atoms with Crippen LogP contribution in [0.1, 0.15) is 18.1 Å². The lowest BCUT2D eigenvalue weighted by atomic mass is 10.1. The van der Waals surface area contributed by atoms with Gasteiger partial charge in [0.2, 0.25) is 10.0 Å². The summed E-state index contributed by atoms with van der Waals surface area (Å²) < 4.78 is 27.1. The molecule has 3 rings (SSSR count). The molecule has 26 heavy (non-hydrogen) atoms. The molecule has 0 bridgehead atoms. The SMILES string of the molecule is CC1=NC(=O)NC(=O)C1S(=O)(=O)N1CCN(c2cccc(C)c2C)CC1. The Balaban J connectivity index is 1.77. The van der Waals surface area contributed by atoms with Gasteiger partial charge in [-0.15, -0.1) is 0 Å². The third kappa shape index (κ3) is 3.24. The average molecular weight is 378 g/mol. The van der Waals surface area contributed by atoms with Crippen molar-refractivity contribution in [3.63, 3.8) is 0 Å². The van der Waals surface area contributed by atoms with E-state index in [0.717, 1.165) is 5.69 Å². The van der Waals surface area contributed by atoms with Crippen molar-refractivity contribution in [2.75, 3.05) is 31.1 Å². The first-order valence-corrected chi connectivity index (χ1v) is 9.92. The number of sulfonamides is 1. The average Bonchev–Trinajstić information content (AvgIpc) is 2.56. The molecule has 1 N–H and O–H groups in total. The van der Waals surface area contributed by atoms with Gasteiger partial charge >= 0.3 is 6.03 Å². The maximum absolute atomic E-state index is 12.9. The molecule has 0 aliphatic carbocycles. The highest BCUT2D eigenvalue weighted by atomic mass is 32.2. The van der Waals surface area contributed by atoms with E-state index in [-0.39, 0.29) is 18.8 Å². The van der Waals surface area contributed by atoms with Gasteiger partial charge in [0.15, 0.2) is 5.25 Å². The van der Waals surface area contributed by atoms with Gasteiger partial charge in [-0.3, -0.25) is 10.1 Å². The van der Waals surface area contributed by atoms with Crippen LogP contribution in [0.3, 0.4) is 0 Å². The van der Waals surface area contributed by atoms with Gasteiger partial charge in [0, 0.05) is 37.6 Å². The second-order valence-corrected chi connectivity index (χ2v) is 8.60. The number of hydrogen-bond acceptors (Lipinski definition) is 5. The lowest BCUT2D eigenvalue weighted by Crippen LogP contribution is -2.57. The second-order valence-electron chi connectivity index (χ2n) is 6.58. The van der Waals surface area contributed by atoms with Crippen LogP contribution >= 0.6 is 0 Å². The normalized spacial score (nSPS) is 22.2. The standard InChI is InChI=1S/C17H22N4O4S/c1-11-5-4-6-14(12(11)2)20-7-9-21(10-8-20)26(24,25)15-13(3)18-17(23)19-16(15)22/h4-6,15H,7-10H2,1-3H3,(H,19,22,23). The zero-order valence-electron chi connectivity index (χ0n) is 15.0. The number of aryl methyl sites for hydroxylation is 1. The predicted octanol–water partition coefficient (Wildman–Crippen LogP) is 0.835. The molecule has 3 amide bonds. The summed E-state index contributed by atoms with van der Waals surface area (Å²) in [6.07, 6.45) is 0. The number of imide groups is 1. The molecule has 1 fully saturated rings. The Kier molecular flexibility index (Phi) is 4.85. The summed E-state index contributed by atoms with van der Waals surface area (Å²) in [5.41, 5.74) is 3.47. The lowest BCUT2D eigenvalue weighted by molar-refractivity contribution is -0.118. The zero-order valence-corrected chi connectivity index (χ0v) is 15.8. The van der Waals surface area contributed by atoms with Crippen LogP contribution in [0.25, 0.3) is 0 Å². The number of piperazine rings is 1. The Hall–Kier alpha value is -2.26. The topological polar surface area (TPSA) is 99.1 Å². The van der Waals surface area contributed by atoms with Crippen LogP contribution in [0, 0.1) is 13.8 Å². The first kappa shape index (κ1) is 18.5. The highest BCUT2D eigenvalue weighted by Gasteiger charge is 2.43. The molecule has 1 aromatic rings. The fourth-order valence-corrected chi connectivity index (χ4v) is 5.15. The molecule has 2 aliphatic heterocycles. The molecule has 0 aromatic heterocycles. The lowest BCUT2D eigenvalue weighted by Gasteiger charge is -2.37. The molecule has 0 spiro atoms. The van der Waals surface area contributed by atoms with Crippen LogP contribution in [0.5, 0.6) is 0 Å². The Bertz CT molecular complexity index is 886. The van der Waals surface area contributed by atoms with E-state index < -0.39 is 27.2 Å². The van der Waals surface area contributed by atoms with Crippen molar-refractivity contribution < 1.29 is 18.0 Å². The van der Waals surface area contributed by atoms with Crippen molar-refractivity contribution in [3.8, 4) is 0 Å². The number of nitrogens with zero attached hydrogens (tertiary/aromatic N) is 3. The van der Waals surface area contributed by atoms with E-state index in [0.29, 0.717) is 13.1 Å². The second kappa shape index (κ2) is 6.81. The Labute approximate surface area is 152 Å². The molecular formula is C17H22N4O4S. The summed E-state index contributed by atoms with van der Waals surface area (Å²) in [5, 5.41) is 0.534. The van der Waals surface area contributed by atoms with Crippen molar-refractivity contribution in [2.24, 2.45) is 4.99 Å². The van der Waals surface area contributed by atoms with Gasteiger partial charge in [0.25, 0.3) is 5.91 Å². The fraction of sp³-hybridized carbons (Fsp3) is 0.471. The number of rotatable bonds is 3. The molecule has 2 heterocycles. The van der Waals surface area contributed by atoms with Crippen LogP contribution < -0.4 is 10.2 Å². The van der Waals surface area contributed by atoms with Crippen molar-refractivity contribution in [1.29, 1.82) is 0 Å². The quantitative estimate of drug-likeness (QED) is 0.840. The summed E-state index contributed by atoms with van der Waals surface area (Å²) in [6.45, 7) is 7.12. The minimum absolute atomic E-state index is 0.00992. The number of aliphatic imine (C=N–C) groups is 1. The highest BCUT2D eigenvalue weighted by molar-refractivity contribution is 7.91. The van der Waals surface area contributed by atoms with Gasteiger partial charge in [-0.2, -0.15) is 4.31 Å². The van der Waals surface area contributed by atoms with Gasteiger partial charge < -0.3 is 4.90 Å². The molecule has 140 valence electrons. The maximum atomic E-state index is 12.9. The third-order valence-electron chi connectivity index (χ3n) is 4.94. The molecule has 1 atom stereocenters. The van der Waals surface area contributed by atoms with E-state index >= 15 is 0 Å². The number of amides is 3. The first-order chi connectivity index (χ1) is 12.2. The molecular weight excluding hydrogens is 356 g/mol. The van der Waals surface area contributed by atoms with Crippen LogP contribution in [0.2, 0.25) is 0 Å². The molecule has 1 unspecified atom stereocenters. The summed E-state index contributed by atoms with van der Waals surface area (Å²) in [4.78, 5) is 29.0. The number of carbonyl (C=O) groups excluding carboxylic acids is 2. The Morgan fingerprint density at radius 2 is 1.73 bits per heavy atom. The van der Waals surface area contributed by atoms with E-state index in [4.69, 9.17) is 0 Å². The number of urea groups is 1. The van der Waals surface area contributed by atoms with Crippen LogP contribution in [0.15, 0.2) is 23.2 Å². The number of nitrogens with one attached hydrogen (secondary N) is 1. The van der Waals surface area contributed by atoms with E-state index in [1.165, 1.54) is 22.4 Å². The smallest absolute Gasteiger partial charge is 0.347 e. The molecule has 1 aromatic carbocycles. The number of benzene rings is 1. The van der Waals surface area contributed by atoms with E-state index in [2.05, 4.69) is 16.8 Å². The molecule has 9 heteroatoms. The number of carbonyl (C=O) groups is 2. The van der Waals surface area contributed by atoms with Crippen molar-refractivity contribution in [2.45, 2.75) is 26.0 Å². The highest BCUT2D eigenvalue weighted by Crippen LogP contribution is 2.25. The monoisotopic (exact) mass is 378 g/mol. The van der Waals surface area contributed by atoms with Crippen LogP contribution in [0.4, 0.5) is 10.5 Å². The molecule has 1 saturated heterocycles. The summed E-state index contributed by atoms with van der Waals surface area (Å²) in [6, 6.07) is 5.25. The maximum Gasteiger partial charge on any atom is 0.347 e. The van der Waals surface area contributed by atoms with Crippen molar-refractivity contribution >= 4 is 33.4 Å². The minimum atomic E-state index is -3.92. The number of hydrogen-bond donors (Lipinski definition) is 1. The zero-order chi connectivity index (χ0) is 19.1. The summed E-state index contributed by atoms with van der Waals surface area (Å²) in [7, 11) is -3.92. The minimum Gasteiger partial charge on any atom is -0.369 e.